The summed E-state index contributed by atoms with van der Waals surface area (Å²) in [6, 6.07) is 6.24. The van der Waals surface area contributed by atoms with E-state index in [9.17, 15) is 0 Å². The van der Waals surface area contributed by atoms with Gasteiger partial charge in [0.15, 0.2) is 5.96 Å². The number of hydrogen-bond donors (Lipinski definition) is 1. The average molecular weight is 554 g/mol. The average Bonchev–Trinajstić information content (AvgIpc) is 3.34. The van der Waals surface area contributed by atoms with Crippen LogP contribution >= 0.6 is 24.0 Å². The summed E-state index contributed by atoms with van der Waals surface area (Å²) in [6.45, 7) is 13.1. The predicted molar refractivity (Wildman–Crippen MR) is 138 cm³/mol. The lowest BCUT2D eigenvalue weighted by Crippen LogP contribution is -2.52. The molecule has 32 heavy (non-hydrogen) atoms. The van der Waals surface area contributed by atoms with Crippen LogP contribution in [0.25, 0.3) is 0 Å². The van der Waals surface area contributed by atoms with Crippen LogP contribution in [0.5, 0.6) is 0 Å². The number of aromatic nitrogens is 2. The number of anilines is 1. The molecule has 2 aliphatic heterocycles. The Kier molecular flexibility index (Phi) is 9.54. The van der Waals surface area contributed by atoms with E-state index in [1.54, 1.807) is 6.26 Å². The highest BCUT2D eigenvalue weighted by Gasteiger charge is 2.20. The standard InChI is InChI=1S/C22H34N8O.HI/c1-3-27-7-11-29(12-8-27)21-5-4-19(16-24-21)17-25-22(23-2)30-13-9-28(10-14-30)18-20-6-15-31-26-20;/h4-6,15-16H,3,7-14,17-18H2,1-2H3,(H,23,25);1H. The Balaban J connectivity index is 0.00000289. The number of guanidine groups is 1. The summed E-state index contributed by atoms with van der Waals surface area (Å²) in [5.74, 6) is 2.02. The molecule has 2 aromatic heterocycles. The fraction of sp³-hybridized carbons (Fsp3) is 0.591. The molecule has 0 unspecified atom stereocenters. The van der Waals surface area contributed by atoms with Gasteiger partial charge < -0.3 is 24.5 Å². The minimum Gasteiger partial charge on any atom is -0.364 e. The summed E-state index contributed by atoms with van der Waals surface area (Å²) in [4.78, 5) is 18.8. The number of nitrogens with zero attached hydrogens (tertiary/aromatic N) is 7. The molecule has 0 bridgehead atoms. The van der Waals surface area contributed by atoms with E-state index in [4.69, 9.17) is 9.51 Å². The number of hydrogen-bond acceptors (Lipinski definition) is 7. The normalized spacial score (nSPS) is 18.5. The van der Waals surface area contributed by atoms with Crippen LogP contribution in [0, 0.1) is 0 Å². The molecule has 0 atom stereocenters. The molecule has 2 aliphatic rings. The minimum absolute atomic E-state index is 0. The third kappa shape index (κ3) is 6.55. The van der Waals surface area contributed by atoms with Crippen molar-refractivity contribution >= 4 is 35.8 Å². The first-order chi connectivity index (χ1) is 15.2. The highest BCUT2D eigenvalue weighted by molar-refractivity contribution is 14.0. The smallest absolute Gasteiger partial charge is 0.194 e. The van der Waals surface area contributed by atoms with E-state index in [-0.39, 0.29) is 24.0 Å². The van der Waals surface area contributed by atoms with Crippen molar-refractivity contribution in [1.82, 2.24) is 30.2 Å². The Bertz CT molecular complexity index is 813. The molecule has 10 heteroatoms. The van der Waals surface area contributed by atoms with Crippen LogP contribution < -0.4 is 10.2 Å². The summed E-state index contributed by atoms with van der Waals surface area (Å²) < 4.78 is 4.93. The van der Waals surface area contributed by atoms with Crippen LogP contribution in [0.1, 0.15) is 18.2 Å². The van der Waals surface area contributed by atoms with Crippen molar-refractivity contribution in [3.63, 3.8) is 0 Å². The van der Waals surface area contributed by atoms with Crippen molar-refractivity contribution in [3.8, 4) is 0 Å². The summed E-state index contributed by atoms with van der Waals surface area (Å²) in [7, 11) is 1.85. The third-order valence-corrected chi connectivity index (χ3v) is 6.16. The first-order valence-electron chi connectivity index (χ1n) is 11.2. The number of pyridine rings is 1. The molecule has 2 fully saturated rings. The van der Waals surface area contributed by atoms with Gasteiger partial charge in [-0.05, 0) is 18.2 Å². The zero-order chi connectivity index (χ0) is 21.5. The Morgan fingerprint density at radius 3 is 2.38 bits per heavy atom. The van der Waals surface area contributed by atoms with Crippen LogP contribution in [-0.4, -0.2) is 96.8 Å². The summed E-state index contributed by atoms with van der Waals surface area (Å²) in [5.41, 5.74) is 2.15. The molecule has 0 spiro atoms. The maximum atomic E-state index is 4.93. The first-order valence-corrected chi connectivity index (χ1v) is 11.2. The maximum absolute atomic E-state index is 4.93. The lowest BCUT2D eigenvalue weighted by atomic mass is 10.2. The molecule has 2 saturated heterocycles. The van der Waals surface area contributed by atoms with E-state index in [0.717, 1.165) is 89.5 Å². The van der Waals surface area contributed by atoms with Gasteiger partial charge in [-0.15, -0.1) is 24.0 Å². The van der Waals surface area contributed by atoms with Crippen molar-refractivity contribution in [2.75, 3.05) is 70.9 Å². The van der Waals surface area contributed by atoms with Gasteiger partial charge in [0.25, 0.3) is 0 Å². The lowest BCUT2D eigenvalue weighted by molar-refractivity contribution is 0.169. The Morgan fingerprint density at radius 2 is 1.78 bits per heavy atom. The van der Waals surface area contributed by atoms with Crippen molar-refractivity contribution in [3.05, 3.63) is 41.9 Å². The lowest BCUT2D eigenvalue weighted by Gasteiger charge is -2.36. The molecular weight excluding hydrogens is 519 g/mol. The van der Waals surface area contributed by atoms with Crippen molar-refractivity contribution in [2.24, 2.45) is 4.99 Å². The quantitative estimate of drug-likeness (QED) is 0.329. The number of piperazine rings is 2. The van der Waals surface area contributed by atoms with Gasteiger partial charge in [0.2, 0.25) is 0 Å². The van der Waals surface area contributed by atoms with Gasteiger partial charge >= 0.3 is 0 Å². The molecule has 2 aromatic rings. The monoisotopic (exact) mass is 554 g/mol. The minimum atomic E-state index is 0. The molecule has 9 nitrogen and oxygen atoms in total. The zero-order valence-electron chi connectivity index (χ0n) is 19.1. The van der Waals surface area contributed by atoms with E-state index < -0.39 is 0 Å². The van der Waals surface area contributed by atoms with Gasteiger partial charge in [0.1, 0.15) is 12.1 Å². The summed E-state index contributed by atoms with van der Waals surface area (Å²) >= 11 is 0. The van der Waals surface area contributed by atoms with Crippen LogP contribution in [0.2, 0.25) is 0 Å². The van der Waals surface area contributed by atoms with Crippen molar-refractivity contribution < 1.29 is 4.52 Å². The van der Waals surface area contributed by atoms with Crippen molar-refractivity contribution in [1.29, 1.82) is 0 Å². The van der Waals surface area contributed by atoms with Gasteiger partial charge in [-0.1, -0.05) is 18.1 Å². The van der Waals surface area contributed by atoms with Gasteiger partial charge in [-0.25, -0.2) is 4.98 Å². The second kappa shape index (κ2) is 12.4. The predicted octanol–water partition coefficient (Wildman–Crippen LogP) is 1.72. The molecule has 4 heterocycles. The first kappa shape index (κ1) is 24.7. The molecule has 1 N–H and O–H groups in total. The van der Waals surface area contributed by atoms with Gasteiger partial charge in [0.05, 0.1) is 5.69 Å². The van der Waals surface area contributed by atoms with E-state index >= 15 is 0 Å². The fourth-order valence-corrected chi connectivity index (χ4v) is 4.18. The SMILES string of the molecule is CCN1CCN(c2ccc(CNC(=NC)N3CCN(Cc4ccon4)CC3)cn2)CC1.I. The number of likely N-dealkylation sites (N-methyl/N-ethyl adjacent to an activating group) is 1. The Labute approximate surface area is 207 Å². The van der Waals surface area contributed by atoms with Crippen LogP contribution in [-0.2, 0) is 13.1 Å². The fourth-order valence-electron chi connectivity index (χ4n) is 4.18. The van der Waals surface area contributed by atoms with Crippen molar-refractivity contribution in [2.45, 2.75) is 20.0 Å². The topological polar surface area (TPSA) is 76.3 Å². The molecule has 0 aromatic carbocycles. The number of nitrogens with one attached hydrogen (secondary N) is 1. The molecule has 176 valence electrons. The van der Waals surface area contributed by atoms with Gasteiger partial charge in [-0.2, -0.15) is 0 Å². The molecule has 0 aliphatic carbocycles. The Morgan fingerprint density at radius 1 is 1.03 bits per heavy atom. The highest BCUT2D eigenvalue weighted by atomic mass is 127. The third-order valence-electron chi connectivity index (χ3n) is 6.16. The number of aliphatic imine (C=N–C) groups is 1. The van der Waals surface area contributed by atoms with E-state index in [2.05, 4.69) is 54.1 Å². The number of rotatable bonds is 6. The molecule has 0 radical (unpaired) electrons. The largest absolute Gasteiger partial charge is 0.364 e. The summed E-state index contributed by atoms with van der Waals surface area (Å²) in [5, 5.41) is 7.51. The Hall–Kier alpha value is -1.92. The van der Waals surface area contributed by atoms with Crippen LogP contribution in [0.4, 0.5) is 5.82 Å². The van der Waals surface area contributed by atoms with Crippen LogP contribution in [0.3, 0.4) is 0 Å². The van der Waals surface area contributed by atoms with E-state index in [1.807, 2.05) is 19.3 Å². The molecule has 0 amide bonds. The van der Waals surface area contributed by atoms with E-state index in [1.165, 1.54) is 5.56 Å². The van der Waals surface area contributed by atoms with Gasteiger partial charge in [0, 0.05) is 84.8 Å². The zero-order valence-corrected chi connectivity index (χ0v) is 21.4. The molecular formula is C22H35IN8O. The van der Waals surface area contributed by atoms with Gasteiger partial charge in [-0.3, -0.25) is 9.89 Å². The molecule has 0 saturated carbocycles. The van der Waals surface area contributed by atoms with E-state index in [0.29, 0.717) is 0 Å². The maximum Gasteiger partial charge on any atom is 0.194 e. The highest BCUT2D eigenvalue weighted by Crippen LogP contribution is 2.14. The number of halogens is 1. The summed E-state index contributed by atoms with van der Waals surface area (Å²) in [6.07, 6.45) is 3.61. The second-order valence-electron chi connectivity index (χ2n) is 8.10. The molecule has 4 rings (SSSR count). The van der Waals surface area contributed by atoms with Crippen LogP contribution in [0.15, 0.2) is 40.2 Å². The second-order valence-corrected chi connectivity index (χ2v) is 8.10.